The smallest absolute Gasteiger partial charge is 0.338 e. The molecule has 1 aromatic heterocycles. The molecule has 2 aromatic rings. The van der Waals surface area contributed by atoms with E-state index in [2.05, 4.69) is 16.9 Å². The molecule has 2 aliphatic rings. The topological polar surface area (TPSA) is 82.5 Å². The maximum absolute atomic E-state index is 12.6. The van der Waals surface area contributed by atoms with Crippen LogP contribution in [0.5, 0.6) is 0 Å². The maximum Gasteiger partial charge on any atom is 0.338 e. The van der Waals surface area contributed by atoms with Crippen molar-refractivity contribution in [3.05, 3.63) is 23.8 Å². The molecule has 1 saturated carbocycles. The number of nitrogens with zero attached hydrogens (tertiary/aromatic N) is 3. The molecule has 4 rings (SSSR count). The number of ether oxygens (including phenoxy) is 1. The van der Waals surface area contributed by atoms with E-state index in [1.807, 2.05) is 16.7 Å². The molecule has 0 bridgehead atoms. The fourth-order valence-corrected chi connectivity index (χ4v) is 5.25. The molecule has 0 spiro atoms. The molecule has 1 unspecified atom stereocenters. The number of aliphatic imine (C=N–C) groups is 1. The number of hydrogen-bond donors (Lipinski definition) is 1. The van der Waals surface area contributed by atoms with Crippen LogP contribution in [0.4, 0.5) is 5.95 Å². The lowest BCUT2D eigenvalue weighted by atomic mass is 10.1. The maximum atomic E-state index is 12.6. The van der Waals surface area contributed by atoms with Gasteiger partial charge >= 0.3 is 5.97 Å². The Bertz CT molecular complexity index is 884. The second-order valence-corrected chi connectivity index (χ2v) is 8.95. The Morgan fingerprint density at radius 2 is 2.07 bits per heavy atom. The van der Waals surface area contributed by atoms with Gasteiger partial charge in [0, 0.05) is 5.25 Å². The van der Waals surface area contributed by atoms with Crippen molar-refractivity contribution >= 4 is 39.9 Å². The van der Waals surface area contributed by atoms with Crippen LogP contribution in [-0.2, 0) is 4.74 Å². The molecule has 2 heterocycles. The minimum absolute atomic E-state index is 0.0352. The normalized spacial score (nSPS) is 20.9. The van der Waals surface area contributed by atoms with Crippen LogP contribution in [0.15, 0.2) is 23.2 Å². The molecule has 150 valence electrons. The minimum Gasteiger partial charge on any atom is -0.459 e. The molecule has 0 saturated heterocycles. The van der Waals surface area contributed by atoms with Gasteiger partial charge in [-0.05, 0) is 50.3 Å². The highest BCUT2D eigenvalue weighted by Gasteiger charge is 2.24. The molecule has 1 aliphatic heterocycles. The largest absolute Gasteiger partial charge is 0.459 e. The summed E-state index contributed by atoms with van der Waals surface area (Å²) in [4.78, 5) is 21.8. The zero-order chi connectivity index (χ0) is 19.5. The van der Waals surface area contributed by atoms with Crippen molar-refractivity contribution in [2.75, 3.05) is 12.3 Å². The van der Waals surface area contributed by atoms with Crippen molar-refractivity contribution in [3.63, 3.8) is 0 Å². The number of fused-ring (bicyclic) bond motifs is 1. The predicted octanol–water partition coefficient (Wildman–Crippen LogP) is 4.62. The molecule has 1 aromatic carbocycles. The van der Waals surface area contributed by atoms with Gasteiger partial charge in [-0.1, -0.05) is 37.9 Å². The third kappa shape index (κ3) is 4.04. The number of thioether (sulfide) groups is 1. The number of nitrogens with two attached hydrogens (primary N) is 1. The van der Waals surface area contributed by atoms with Crippen LogP contribution >= 0.6 is 11.8 Å². The van der Waals surface area contributed by atoms with Gasteiger partial charge in [-0.15, -0.1) is 0 Å². The van der Waals surface area contributed by atoms with Crippen molar-refractivity contribution in [1.82, 2.24) is 9.55 Å². The van der Waals surface area contributed by atoms with Crippen molar-refractivity contribution in [2.24, 2.45) is 4.99 Å². The lowest BCUT2D eigenvalue weighted by Gasteiger charge is -2.15. The second kappa shape index (κ2) is 8.55. The van der Waals surface area contributed by atoms with Gasteiger partial charge in [0.25, 0.3) is 0 Å². The van der Waals surface area contributed by atoms with Crippen LogP contribution in [0.1, 0.15) is 68.6 Å². The minimum atomic E-state index is -0.266. The van der Waals surface area contributed by atoms with Crippen LogP contribution in [-0.4, -0.2) is 38.6 Å². The van der Waals surface area contributed by atoms with Gasteiger partial charge < -0.3 is 10.5 Å². The molecule has 28 heavy (non-hydrogen) atoms. The fourth-order valence-electron chi connectivity index (χ4n) is 4.01. The Hall–Kier alpha value is -2.02. The van der Waals surface area contributed by atoms with E-state index in [-0.39, 0.29) is 12.1 Å². The average Bonchev–Trinajstić information content (AvgIpc) is 3.16. The molecule has 6 nitrogen and oxygen atoms in total. The summed E-state index contributed by atoms with van der Waals surface area (Å²) < 4.78 is 7.65. The average molecular weight is 401 g/mol. The van der Waals surface area contributed by atoms with E-state index >= 15 is 0 Å². The van der Waals surface area contributed by atoms with Crippen molar-refractivity contribution in [3.8, 4) is 0 Å². The third-order valence-corrected chi connectivity index (χ3v) is 6.74. The van der Waals surface area contributed by atoms with Gasteiger partial charge in [-0.25, -0.2) is 9.78 Å². The van der Waals surface area contributed by atoms with Gasteiger partial charge in [0.2, 0.25) is 5.95 Å². The first kappa shape index (κ1) is 19.3. The monoisotopic (exact) mass is 400 g/mol. The van der Waals surface area contributed by atoms with E-state index in [0.717, 1.165) is 55.8 Å². The van der Waals surface area contributed by atoms with Gasteiger partial charge in [-0.2, -0.15) is 0 Å². The number of nitrogen functional groups attached to an aromatic ring is 1. The molecule has 7 heteroatoms. The summed E-state index contributed by atoms with van der Waals surface area (Å²) in [6.45, 7) is 3.01. The Morgan fingerprint density at radius 3 is 2.82 bits per heavy atom. The quantitative estimate of drug-likeness (QED) is 0.598. The summed E-state index contributed by atoms with van der Waals surface area (Å²) in [6.07, 6.45) is 8.99. The lowest BCUT2D eigenvalue weighted by molar-refractivity contribution is 0.0267. The first-order valence-corrected chi connectivity index (χ1v) is 11.2. The SMILES string of the molecule is CCCC1CN=C(n2c(N)nc3cc(C(=O)OC4CCCCCC4)ccc32)S1. The molecular weight excluding hydrogens is 372 g/mol. The van der Waals surface area contributed by atoms with Crippen molar-refractivity contribution < 1.29 is 9.53 Å². The molecule has 0 radical (unpaired) electrons. The summed E-state index contributed by atoms with van der Waals surface area (Å²) >= 11 is 1.76. The standard InChI is InChI=1S/C21H28N4O2S/c1-2-7-16-13-23-21(28-16)25-18-11-10-14(12-17(18)24-20(25)22)19(26)27-15-8-5-3-4-6-9-15/h10-12,15-16H,2-9,13H2,1H3,(H2,22,24). The van der Waals surface area contributed by atoms with Crippen LogP contribution in [0.3, 0.4) is 0 Å². The highest BCUT2D eigenvalue weighted by atomic mass is 32.2. The zero-order valence-corrected chi connectivity index (χ0v) is 17.2. The van der Waals surface area contributed by atoms with Gasteiger partial charge in [0.15, 0.2) is 5.17 Å². The summed E-state index contributed by atoms with van der Waals surface area (Å²) in [5, 5.41) is 1.40. The van der Waals surface area contributed by atoms with Crippen LogP contribution in [0.2, 0.25) is 0 Å². The molecule has 1 aliphatic carbocycles. The number of benzene rings is 1. The highest BCUT2D eigenvalue weighted by molar-refractivity contribution is 8.14. The van der Waals surface area contributed by atoms with E-state index in [4.69, 9.17) is 10.5 Å². The van der Waals surface area contributed by atoms with E-state index < -0.39 is 0 Å². The van der Waals surface area contributed by atoms with Crippen molar-refractivity contribution in [1.29, 1.82) is 0 Å². The number of carbonyl (C=O) groups is 1. The summed E-state index contributed by atoms with van der Waals surface area (Å²) in [7, 11) is 0. The Kier molecular flexibility index (Phi) is 5.90. The number of esters is 1. The predicted molar refractivity (Wildman–Crippen MR) is 115 cm³/mol. The van der Waals surface area contributed by atoms with E-state index in [9.17, 15) is 4.79 Å². The second-order valence-electron chi connectivity index (χ2n) is 7.68. The van der Waals surface area contributed by atoms with E-state index in [0.29, 0.717) is 22.3 Å². The molecule has 0 amide bonds. The van der Waals surface area contributed by atoms with Crippen LogP contribution in [0, 0.1) is 0 Å². The van der Waals surface area contributed by atoms with E-state index in [1.54, 1.807) is 17.8 Å². The summed E-state index contributed by atoms with van der Waals surface area (Å²) in [6, 6.07) is 5.49. The third-order valence-electron chi connectivity index (χ3n) is 5.50. The Morgan fingerprint density at radius 1 is 1.29 bits per heavy atom. The lowest BCUT2D eigenvalue weighted by Crippen LogP contribution is -2.17. The highest BCUT2D eigenvalue weighted by Crippen LogP contribution is 2.30. The Balaban J connectivity index is 1.53. The number of imidazole rings is 1. The van der Waals surface area contributed by atoms with Crippen molar-refractivity contribution in [2.45, 2.75) is 69.6 Å². The first-order chi connectivity index (χ1) is 13.7. The first-order valence-electron chi connectivity index (χ1n) is 10.4. The molecule has 1 fully saturated rings. The summed E-state index contributed by atoms with van der Waals surface area (Å²) in [5.74, 6) is 0.144. The van der Waals surface area contributed by atoms with Gasteiger partial charge in [0.05, 0.1) is 23.1 Å². The number of carbonyl (C=O) groups excluding carboxylic acids is 1. The van der Waals surface area contributed by atoms with Gasteiger partial charge in [-0.3, -0.25) is 9.56 Å². The van der Waals surface area contributed by atoms with Gasteiger partial charge in [0.1, 0.15) is 6.10 Å². The molecular formula is C21H28N4O2S. The molecule has 2 N–H and O–H groups in total. The number of rotatable bonds is 4. The molecule has 1 atom stereocenters. The number of anilines is 1. The summed E-state index contributed by atoms with van der Waals surface area (Å²) in [5.41, 5.74) is 8.31. The van der Waals surface area contributed by atoms with E-state index in [1.165, 1.54) is 12.8 Å². The number of hydrogen-bond acceptors (Lipinski definition) is 6. The van der Waals surface area contributed by atoms with Crippen LogP contribution < -0.4 is 5.73 Å². The fraction of sp³-hybridized carbons (Fsp3) is 0.571. The Labute approximate surface area is 169 Å². The number of aromatic nitrogens is 2. The van der Waals surface area contributed by atoms with Crippen LogP contribution in [0.25, 0.3) is 11.0 Å². The zero-order valence-electron chi connectivity index (χ0n) is 16.4.